The van der Waals surface area contributed by atoms with E-state index in [2.05, 4.69) is 15.4 Å². The Morgan fingerprint density at radius 1 is 1.60 bits per heavy atom. The van der Waals surface area contributed by atoms with Crippen molar-refractivity contribution in [3.05, 3.63) is 34.0 Å². The predicted octanol–water partition coefficient (Wildman–Crippen LogP) is 2.09. The largest absolute Gasteiger partial charge is 0.331 e. The molecule has 2 aromatic heterocycles. The van der Waals surface area contributed by atoms with Gasteiger partial charge >= 0.3 is 6.03 Å². The van der Waals surface area contributed by atoms with Crippen LogP contribution in [0, 0.1) is 6.92 Å². The summed E-state index contributed by atoms with van der Waals surface area (Å²) in [5.74, 6) is 0. The number of nitrogens with zero attached hydrogens (tertiary/aromatic N) is 4. The molecule has 1 N–H and O–H groups in total. The zero-order chi connectivity index (χ0) is 14.7. The van der Waals surface area contributed by atoms with Crippen LogP contribution in [0.15, 0.2) is 17.9 Å². The van der Waals surface area contributed by atoms with E-state index in [0.29, 0.717) is 6.54 Å². The Labute approximate surface area is 122 Å². The molecule has 1 atom stereocenters. The molecule has 2 heterocycles. The topological polar surface area (TPSA) is 63.1 Å². The fraction of sp³-hybridized carbons (Fsp3) is 0.462. The van der Waals surface area contributed by atoms with Crippen molar-refractivity contribution in [3.8, 4) is 0 Å². The Hall–Kier alpha value is -1.89. The summed E-state index contributed by atoms with van der Waals surface area (Å²) in [4.78, 5) is 19.1. The number of hydrogen-bond acceptors (Lipinski definition) is 4. The maximum absolute atomic E-state index is 12.1. The van der Waals surface area contributed by atoms with Crippen molar-refractivity contribution in [1.82, 2.24) is 25.0 Å². The highest BCUT2D eigenvalue weighted by Gasteiger charge is 2.15. The van der Waals surface area contributed by atoms with Crippen LogP contribution in [-0.2, 0) is 13.6 Å². The summed E-state index contributed by atoms with van der Waals surface area (Å²) >= 11 is 1.57. The minimum Gasteiger partial charge on any atom is -0.331 e. The summed E-state index contributed by atoms with van der Waals surface area (Å²) < 4.78 is 1.72. The minimum absolute atomic E-state index is 0.0683. The molecule has 108 valence electrons. The van der Waals surface area contributed by atoms with E-state index < -0.39 is 0 Å². The van der Waals surface area contributed by atoms with E-state index in [1.807, 2.05) is 27.1 Å². The molecule has 0 aliphatic carbocycles. The first kappa shape index (κ1) is 14.5. The second-order valence-electron chi connectivity index (χ2n) is 4.84. The number of hydrogen-bond donors (Lipinski definition) is 1. The van der Waals surface area contributed by atoms with Gasteiger partial charge in [-0.3, -0.25) is 4.68 Å². The minimum atomic E-state index is -0.103. The average Bonchev–Trinajstić information content (AvgIpc) is 2.99. The van der Waals surface area contributed by atoms with E-state index >= 15 is 0 Å². The Kier molecular flexibility index (Phi) is 4.39. The van der Waals surface area contributed by atoms with Gasteiger partial charge in [0.1, 0.15) is 0 Å². The van der Waals surface area contributed by atoms with Gasteiger partial charge in [0, 0.05) is 30.7 Å². The number of nitrogens with one attached hydrogen (secondary N) is 1. The quantitative estimate of drug-likeness (QED) is 0.939. The van der Waals surface area contributed by atoms with Gasteiger partial charge in [-0.2, -0.15) is 5.10 Å². The molecular weight excluding hydrogens is 274 g/mol. The number of amides is 2. The van der Waals surface area contributed by atoms with Crippen LogP contribution in [0.3, 0.4) is 0 Å². The lowest BCUT2D eigenvalue weighted by Crippen LogP contribution is -2.38. The molecule has 20 heavy (non-hydrogen) atoms. The zero-order valence-corrected chi connectivity index (χ0v) is 12.9. The van der Waals surface area contributed by atoms with Crippen molar-refractivity contribution in [2.24, 2.45) is 7.05 Å². The third kappa shape index (κ3) is 3.36. The molecule has 0 bridgehead atoms. The molecule has 2 aromatic rings. The maximum atomic E-state index is 12.1. The summed E-state index contributed by atoms with van der Waals surface area (Å²) in [7, 11) is 3.64. The lowest BCUT2D eigenvalue weighted by atomic mass is 10.2. The van der Waals surface area contributed by atoms with Crippen LogP contribution in [0.2, 0.25) is 0 Å². The van der Waals surface area contributed by atoms with Crippen LogP contribution in [0.25, 0.3) is 0 Å². The third-order valence-electron chi connectivity index (χ3n) is 3.14. The van der Waals surface area contributed by atoms with Gasteiger partial charge in [-0.15, -0.1) is 11.3 Å². The summed E-state index contributed by atoms with van der Waals surface area (Å²) in [6.07, 6.45) is 3.66. The first-order valence-corrected chi connectivity index (χ1v) is 7.24. The third-order valence-corrected chi connectivity index (χ3v) is 4.06. The van der Waals surface area contributed by atoms with Crippen molar-refractivity contribution >= 4 is 17.4 Å². The summed E-state index contributed by atoms with van der Waals surface area (Å²) in [6.45, 7) is 4.47. The van der Waals surface area contributed by atoms with Crippen molar-refractivity contribution in [1.29, 1.82) is 0 Å². The van der Waals surface area contributed by atoms with Crippen molar-refractivity contribution in [2.75, 3.05) is 7.05 Å². The van der Waals surface area contributed by atoms with Gasteiger partial charge in [-0.1, -0.05) is 0 Å². The average molecular weight is 293 g/mol. The molecule has 0 spiro atoms. The summed E-state index contributed by atoms with van der Waals surface area (Å²) in [6, 6.07) is -0.171. The number of carbonyl (C=O) groups is 1. The monoisotopic (exact) mass is 293 g/mol. The van der Waals surface area contributed by atoms with Gasteiger partial charge in [0.25, 0.3) is 0 Å². The fourth-order valence-corrected chi connectivity index (χ4v) is 2.64. The fourth-order valence-electron chi connectivity index (χ4n) is 1.81. The van der Waals surface area contributed by atoms with E-state index in [-0.39, 0.29) is 12.1 Å². The van der Waals surface area contributed by atoms with Gasteiger partial charge in [-0.05, 0) is 13.8 Å². The Morgan fingerprint density at radius 2 is 2.35 bits per heavy atom. The standard InChI is InChI=1S/C13H19N5OS/c1-9(11-5-15-18(4)6-11)16-13(19)17(3)7-12-10(2)14-8-20-12/h5-6,8-9H,7H2,1-4H3,(H,16,19). The molecule has 2 rings (SSSR count). The smallest absolute Gasteiger partial charge is 0.317 e. The number of carbonyl (C=O) groups excluding carboxylic acids is 1. The van der Waals surface area contributed by atoms with Crippen molar-refractivity contribution in [2.45, 2.75) is 26.4 Å². The summed E-state index contributed by atoms with van der Waals surface area (Å²) in [5, 5.41) is 7.07. The van der Waals surface area contributed by atoms with E-state index in [0.717, 1.165) is 16.1 Å². The second-order valence-corrected chi connectivity index (χ2v) is 5.77. The molecule has 6 nitrogen and oxygen atoms in total. The van der Waals surface area contributed by atoms with Crippen LogP contribution in [0.5, 0.6) is 0 Å². The molecule has 2 amide bonds. The highest BCUT2D eigenvalue weighted by Crippen LogP contribution is 2.15. The summed E-state index contributed by atoms with van der Waals surface area (Å²) in [5.41, 5.74) is 3.77. The molecule has 0 fully saturated rings. The Bertz CT molecular complexity index is 591. The first-order chi connectivity index (χ1) is 9.47. The lowest BCUT2D eigenvalue weighted by Gasteiger charge is -2.20. The van der Waals surface area contributed by atoms with Crippen LogP contribution in [-0.4, -0.2) is 32.7 Å². The molecule has 0 aliphatic heterocycles. The normalized spacial score (nSPS) is 12.2. The second kappa shape index (κ2) is 6.04. The number of thiazole rings is 1. The Balaban J connectivity index is 1.92. The molecule has 1 unspecified atom stereocenters. The number of aryl methyl sites for hydroxylation is 2. The maximum Gasteiger partial charge on any atom is 0.317 e. The number of urea groups is 1. The van der Waals surface area contributed by atoms with Crippen LogP contribution in [0.4, 0.5) is 4.79 Å². The first-order valence-electron chi connectivity index (χ1n) is 6.36. The Morgan fingerprint density at radius 3 is 2.90 bits per heavy atom. The number of rotatable bonds is 4. The zero-order valence-electron chi connectivity index (χ0n) is 12.1. The molecule has 0 aromatic carbocycles. The highest BCUT2D eigenvalue weighted by atomic mass is 32.1. The molecule has 7 heteroatoms. The van der Waals surface area contributed by atoms with Gasteiger partial charge in [-0.25, -0.2) is 9.78 Å². The van der Waals surface area contributed by atoms with Gasteiger partial charge in [0.2, 0.25) is 0 Å². The molecule has 0 aliphatic rings. The van der Waals surface area contributed by atoms with Gasteiger partial charge in [0.15, 0.2) is 0 Å². The van der Waals surface area contributed by atoms with E-state index in [1.165, 1.54) is 0 Å². The van der Waals surface area contributed by atoms with E-state index in [4.69, 9.17) is 0 Å². The van der Waals surface area contributed by atoms with Crippen LogP contribution >= 0.6 is 11.3 Å². The molecule has 0 radical (unpaired) electrons. The van der Waals surface area contributed by atoms with E-state index in [1.54, 1.807) is 39.7 Å². The van der Waals surface area contributed by atoms with E-state index in [9.17, 15) is 4.79 Å². The van der Waals surface area contributed by atoms with Gasteiger partial charge < -0.3 is 10.2 Å². The molecule has 0 saturated heterocycles. The van der Waals surface area contributed by atoms with Crippen LogP contribution in [0.1, 0.15) is 29.1 Å². The lowest BCUT2D eigenvalue weighted by molar-refractivity contribution is 0.204. The number of aromatic nitrogens is 3. The van der Waals surface area contributed by atoms with Gasteiger partial charge in [0.05, 0.1) is 30.0 Å². The van der Waals surface area contributed by atoms with Crippen molar-refractivity contribution < 1.29 is 4.79 Å². The molecule has 0 saturated carbocycles. The SMILES string of the molecule is Cc1ncsc1CN(C)C(=O)NC(C)c1cnn(C)c1. The van der Waals surface area contributed by atoms with Crippen molar-refractivity contribution in [3.63, 3.8) is 0 Å². The predicted molar refractivity (Wildman–Crippen MR) is 78.5 cm³/mol. The molecular formula is C13H19N5OS. The van der Waals surface area contributed by atoms with Crippen LogP contribution < -0.4 is 5.32 Å². The highest BCUT2D eigenvalue weighted by molar-refractivity contribution is 7.09.